The molecule has 2 aromatic carbocycles. The van der Waals surface area contributed by atoms with Gasteiger partial charge in [0.15, 0.2) is 0 Å². The maximum Gasteiger partial charge on any atom is 0.264 e. The minimum absolute atomic E-state index is 0.0646. The number of sulfonamides is 1. The fourth-order valence-corrected chi connectivity index (χ4v) is 7.74. The maximum atomic E-state index is 14.6. The van der Waals surface area contributed by atoms with E-state index in [0.29, 0.717) is 23.1 Å². The van der Waals surface area contributed by atoms with Gasteiger partial charge in [-0.05, 0) is 69.4 Å². The van der Waals surface area contributed by atoms with Crippen molar-refractivity contribution in [2.24, 2.45) is 5.92 Å². The third-order valence-electron chi connectivity index (χ3n) is 9.65. The molecule has 2 aromatic heterocycles. The molecule has 12 heteroatoms. The van der Waals surface area contributed by atoms with Crippen molar-refractivity contribution in [3.05, 3.63) is 83.3 Å². The molecule has 1 saturated carbocycles. The predicted molar refractivity (Wildman–Crippen MR) is 190 cm³/mol. The Balaban J connectivity index is 1.47. The second kappa shape index (κ2) is 14.5. The van der Waals surface area contributed by atoms with Gasteiger partial charge in [0.05, 0.1) is 41.3 Å². The van der Waals surface area contributed by atoms with Crippen LogP contribution in [0.15, 0.2) is 65.8 Å². The molecule has 1 aliphatic heterocycles. The monoisotopic (exact) mass is 683 g/mol. The fourth-order valence-electron chi connectivity index (χ4n) is 6.75. The minimum atomic E-state index is -4.17. The average molecular weight is 684 g/mol. The van der Waals surface area contributed by atoms with Gasteiger partial charge in [-0.2, -0.15) is 4.98 Å². The summed E-state index contributed by atoms with van der Waals surface area (Å²) < 4.78 is 36.5. The van der Waals surface area contributed by atoms with Crippen LogP contribution in [0, 0.1) is 19.8 Å². The van der Waals surface area contributed by atoms with Gasteiger partial charge in [0.1, 0.15) is 12.4 Å². The number of aryl methyl sites for hydroxylation is 2. The lowest BCUT2D eigenvalue weighted by atomic mass is 9.84. The van der Waals surface area contributed by atoms with Crippen LogP contribution in [-0.2, 0) is 16.6 Å². The van der Waals surface area contributed by atoms with E-state index in [-0.39, 0.29) is 53.4 Å². The van der Waals surface area contributed by atoms with Crippen molar-refractivity contribution in [3.8, 4) is 17.1 Å². The van der Waals surface area contributed by atoms with Crippen molar-refractivity contribution < 1.29 is 17.9 Å². The van der Waals surface area contributed by atoms with Crippen LogP contribution in [0.25, 0.3) is 11.3 Å². The normalized spacial score (nSPS) is 18.1. The van der Waals surface area contributed by atoms with Gasteiger partial charge in [0.25, 0.3) is 15.9 Å². The van der Waals surface area contributed by atoms with Crippen LogP contribution < -0.4 is 14.4 Å². The molecule has 1 atom stereocenters. The van der Waals surface area contributed by atoms with E-state index in [4.69, 9.17) is 9.72 Å². The standard InChI is InChI=1S/C37H45N7O4S/c1-24(2)43(5)33-21-38-20-29(39-33)22-44-30(17-27-13-7-6-8-14-27)23-48-34-19-32(35-25(3)11-9-12-26(35)4)40-37(41-34)42-49(46,47)31-16-10-15-28(18-31)36(44)45/h9-12,15-16,18-21,24,27,30H,6-8,13-14,17,22-23H2,1-5H3,(H,40,41,42)/t30-/m1/s1. The molecule has 0 radical (unpaired) electrons. The second-order valence-corrected chi connectivity index (χ2v) is 15.2. The molecule has 1 N–H and O–H groups in total. The number of amides is 1. The number of anilines is 2. The van der Waals surface area contributed by atoms with Crippen LogP contribution >= 0.6 is 0 Å². The summed E-state index contributed by atoms with van der Waals surface area (Å²) in [4.78, 5) is 36.8. The summed E-state index contributed by atoms with van der Waals surface area (Å²) in [5.41, 5.74) is 4.28. The Bertz CT molecular complexity index is 1910. The van der Waals surface area contributed by atoms with E-state index in [1.54, 1.807) is 35.5 Å². The Hall–Kier alpha value is -4.58. The van der Waals surface area contributed by atoms with Crippen LogP contribution in [0.5, 0.6) is 5.88 Å². The van der Waals surface area contributed by atoms with Gasteiger partial charge in [0.2, 0.25) is 11.8 Å². The average Bonchev–Trinajstić information content (AvgIpc) is 3.08. The predicted octanol–water partition coefficient (Wildman–Crippen LogP) is 6.57. The first-order valence-corrected chi connectivity index (χ1v) is 18.5. The molecule has 0 unspecified atom stereocenters. The zero-order chi connectivity index (χ0) is 34.7. The first-order chi connectivity index (χ1) is 23.5. The first kappa shape index (κ1) is 34.3. The number of benzene rings is 2. The number of hydrogen-bond acceptors (Lipinski definition) is 9. The van der Waals surface area contributed by atoms with Gasteiger partial charge in [-0.1, -0.05) is 56.4 Å². The topological polar surface area (TPSA) is 131 Å². The molecule has 1 amide bonds. The molecule has 11 nitrogen and oxygen atoms in total. The quantitative estimate of drug-likeness (QED) is 0.230. The number of hydrogen-bond donors (Lipinski definition) is 1. The third-order valence-corrected chi connectivity index (χ3v) is 11.0. The van der Waals surface area contributed by atoms with Crippen molar-refractivity contribution in [2.45, 2.75) is 89.7 Å². The first-order valence-electron chi connectivity index (χ1n) is 17.0. The zero-order valence-electron chi connectivity index (χ0n) is 28.9. The number of aromatic nitrogens is 4. The molecule has 1 aliphatic carbocycles. The fraction of sp³-hybridized carbons (Fsp3) is 0.432. The molecular weight excluding hydrogens is 639 g/mol. The zero-order valence-corrected chi connectivity index (χ0v) is 29.7. The smallest absolute Gasteiger partial charge is 0.264 e. The van der Waals surface area contributed by atoms with Gasteiger partial charge in [0, 0.05) is 30.3 Å². The molecule has 49 heavy (non-hydrogen) atoms. The highest BCUT2D eigenvalue weighted by molar-refractivity contribution is 7.92. The number of fused-ring (bicyclic) bond motifs is 4. The van der Waals surface area contributed by atoms with Crippen LogP contribution in [0.4, 0.5) is 11.8 Å². The Labute approximate surface area is 289 Å². The highest BCUT2D eigenvalue weighted by atomic mass is 32.2. The highest BCUT2D eigenvalue weighted by Gasteiger charge is 2.31. The minimum Gasteiger partial charge on any atom is -0.475 e. The lowest BCUT2D eigenvalue weighted by Gasteiger charge is -2.35. The van der Waals surface area contributed by atoms with Crippen LogP contribution in [0.3, 0.4) is 0 Å². The molecular formula is C37H45N7O4S. The lowest BCUT2D eigenvalue weighted by Crippen LogP contribution is -2.45. The number of carbonyl (C=O) groups excluding carboxylic acids is 1. The number of nitrogens with zero attached hydrogens (tertiary/aromatic N) is 6. The summed E-state index contributed by atoms with van der Waals surface area (Å²) >= 11 is 0. The summed E-state index contributed by atoms with van der Waals surface area (Å²) in [6.45, 7) is 8.45. The molecule has 0 saturated heterocycles. The lowest BCUT2D eigenvalue weighted by molar-refractivity contribution is 0.0527. The van der Waals surface area contributed by atoms with Gasteiger partial charge in [-0.3, -0.25) is 9.78 Å². The summed E-state index contributed by atoms with van der Waals surface area (Å²) in [6, 6.07) is 13.7. The van der Waals surface area contributed by atoms with Gasteiger partial charge >= 0.3 is 0 Å². The summed E-state index contributed by atoms with van der Waals surface area (Å²) in [5, 5.41) is 0. The number of nitrogens with one attached hydrogen (secondary N) is 1. The largest absolute Gasteiger partial charge is 0.475 e. The summed E-state index contributed by atoms with van der Waals surface area (Å²) in [7, 11) is -2.20. The molecule has 4 aromatic rings. The molecule has 0 spiro atoms. The van der Waals surface area contributed by atoms with Crippen LogP contribution in [0.2, 0.25) is 0 Å². The Morgan fingerprint density at radius 3 is 2.45 bits per heavy atom. The van der Waals surface area contributed by atoms with E-state index in [2.05, 4.69) is 33.5 Å². The summed E-state index contributed by atoms with van der Waals surface area (Å²) in [5.74, 6) is 0.931. The van der Waals surface area contributed by atoms with Crippen LogP contribution in [-0.4, -0.2) is 64.9 Å². The van der Waals surface area contributed by atoms with Crippen molar-refractivity contribution in [1.82, 2.24) is 24.8 Å². The SMILES string of the molecule is Cc1cccc(C)c1-c1cc2nc(n1)NS(=O)(=O)c1cccc(c1)C(=O)N(Cc1cncc(N(C)C(C)C)n1)[C@H](CC1CCCCC1)CO2. The van der Waals surface area contributed by atoms with E-state index in [1.165, 1.54) is 18.6 Å². The molecule has 2 aliphatic rings. The van der Waals surface area contributed by atoms with Crippen molar-refractivity contribution in [3.63, 3.8) is 0 Å². The van der Waals surface area contributed by atoms with Gasteiger partial charge in [-0.15, -0.1) is 0 Å². The molecule has 4 bridgehead atoms. The van der Waals surface area contributed by atoms with Crippen molar-refractivity contribution >= 4 is 27.7 Å². The number of rotatable bonds is 7. The van der Waals surface area contributed by atoms with Gasteiger partial charge in [-0.25, -0.2) is 23.1 Å². The summed E-state index contributed by atoms with van der Waals surface area (Å²) in [6.07, 6.45) is 9.81. The second-order valence-electron chi connectivity index (χ2n) is 13.5. The molecule has 258 valence electrons. The van der Waals surface area contributed by atoms with E-state index >= 15 is 0 Å². The molecule has 3 heterocycles. The highest BCUT2D eigenvalue weighted by Crippen LogP contribution is 2.33. The Kier molecular flexibility index (Phi) is 10.1. The van der Waals surface area contributed by atoms with E-state index in [9.17, 15) is 13.2 Å². The van der Waals surface area contributed by atoms with E-state index < -0.39 is 10.0 Å². The number of ether oxygens (including phenoxy) is 1. The van der Waals surface area contributed by atoms with E-state index in [0.717, 1.165) is 48.8 Å². The molecule has 1 fully saturated rings. The van der Waals surface area contributed by atoms with Crippen molar-refractivity contribution in [1.29, 1.82) is 0 Å². The molecule has 6 rings (SSSR count). The maximum absolute atomic E-state index is 14.6. The third kappa shape index (κ3) is 7.85. The van der Waals surface area contributed by atoms with Crippen molar-refractivity contribution in [2.75, 3.05) is 23.3 Å². The Morgan fingerprint density at radius 1 is 0.980 bits per heavy atom. The van der Waals surface area contributed by atoms with E-state index in [1.807, 2.05) is 44.0 Å². The Morgan fingerprint density at radius 2 is 1.71 bits per heavy atom. The van der Waals surface area contributed by atoms with Crippen LogP contribution in [0.1, 0.15) is 79.6 Å². The van der Waals surface area contributed by atoms with Gasteiger partial charge < -0.3 is 14.5 Å². The number of carbonyl (C=O) groups is 1.